The van der Waals surface area contributed by atoms with Crippen LogP contribution in [-0.2, 0) is 19.3 Å². The number of nitrogens with one attached hydrogen (secondary N) is 1. The summed E-state index contributed by atoms with van der Waals surface area (Å²) in [6.07, 6.45) is 3.49. The van der Waals surface area contributed by atoms with Crippen molar-refractivity contribution in [2.24, 2.45) is 0 Å². The molecule has 0 bridgehead atoms. The second-order valence-electron chi connectivity index (χ2n) is 7.07. The molecule has 142 valence electrons. The van der Waals surface area contributed by atoms with Crippen LogP contribution in [0.4, 0.5) is 5.82 Å². The van der Waals surface area contributed by atoms with Crippen LogP contribution in [0.25, 0.3) is 0 Å². The van der Waals surface area contributed by atoms with Crippen molar-refractivity contribution < 1.29 is 22.7 Å². The summed E-state index contributed by atoms with van der Waals surface area (Å²) in [6, 6.07) is 3.23. The van der Waals surface area contributed by atoms with Crippen molar-refractivity contribution >= 4 is 21.6 Å². The number of carbonyl (C=O) groups is 1. The van der Waals surface area contributed by atoms with E-state index in [4.69, 9.17) is 9.47 Å². The molecule has 1 aromatic rings. The number of ether oxygens (including phenoxy) is 2. The third kappa shape index (κ3) is 3.70. The van der Waals surface area contributed by atoms with E-state index in [1.165, 1.54) is 0 Å². The summed E-state index contributed by atoms with van der Waals surface area (Å²) in [6.45, 7) is 2.41. The topological polar surface area (TPSA) is 97.8 Å². The van der Waals surface area contributed by atoms with Gasteiger partial charge in [-0.25, -0.2) is 13.4 Å². The predicted octanol–water partition coefficient (Wildman–Crippen LogP) is 0.660. The highest BCUT2D eigenvalue weighted by Gasteiger charge is 2.40. The van der Waals surface area contributed by atoms with Crippen LogP contribution in [0, 0.1) is 0 Å². The van der Waals surface area contributed by atoms with Crippen molar-refractivity contribution in [2.45, 2.75) is 31.1 Å². The minimum Gasteiger partial charge on any atom is -0.366 e. The fourth-order valence-corrected chi connectivity index (χ4v) is 5.45. The maximum atomic E-state index is 12.8. The molecule has 4 heterocycles. The van der Waals surface area contributed by atoms with Gasteiger partial charge in [-0.2, -0.15) is 0 Å². The number of piperidine rings is 1. The predicted molar refractivity (Wildman–Crippen MR) is 94.7 cm³/mol. The van der Waals surface area contributed by atoms with Gasteiger partial charge in [0.2, 0.25) is 0 Å². The molecule has 9 heteroatoms. The summed E-state index contributed by atoms with van der Waals surface area (Å²) in [5.41, 5.74) is 0.549. The number of nitrogens with zero attached hydrogens (tertiary/aromatic N) is 2. The van der Waals surface area contributed by atoms with E-state index in [2.05, 4.69) is 10.3 Å². The van der Waals surface area contributed by atoms with Gasteiger partial charge in [0, 0.05) is 43.7 Å². The third-order valence-corrected chi connectivity index (χ3v) is 6.99. The summed E-state index contributed by atoms with van der Waals surface area (Å²) in [4.78, 5) is 18.8. The molecule has 1 spiro atoms. The van der Waals surface area contributed by atoms with E-state index < -0.39 is 15.6 Å². The van der Waals surface area contributed by atoms with Crippen molar-refractivity contribution in [3.05, 3.63) is 23.9 Å². The second kappa shape index (κ2) is 6.79. The molecule has 8 nitrogen and oxygen atoms in total. The minimum atomic E-state index is -2.96. The van der Waals surface area contributed by atoms with Crippen molar-refractivity contribution in [1.82, 2.24) is 9.88 Å². The lowest BCUT2D eigenvalue weighted by Gasteiger charge is -2.37. The first-order chi connectivity index (χ1) is 12.4. The molecule has 1 N–H and O–H groups in total. The summed E-state index contributed by atoms with van der Waals surface area (Å²) in [5.74, 6) is 0.288. The van der Waals surface area contributed by atoms with Crippen molar-refractivity contribution in [1.29, 1.82) is 0 Å². The lowest BCUT2D eigenvalue weighted by atomic mass is 10.0. The molecule has 0 aromatic carbocycles. The van der Waals surface area contributed by atoms with Gasteiger partial charge in [-0.1, -0.05) is 0 Å². The molecule has 26 heavy (non-hydrogen) atoms. The average Bonchev–Trinajstić information content (AvgIpc) is 3.21. The summed E-state index contributed by atoms with van der Waals surface area (Å²) in [7, 11) is -2.96. The summed E-state index contributed by atoms with van der Waals surface area (Å²) in [5, 5.41) is 3.13. The molecule has 3 fully saturated rings. The van der Waals surface area contributed by atoms with Gasteiger partial charge >= 0.3 is 0 Å². The highest BCUT2D eigenvalue weighted by atomic mass is 32.2. The monoisotopic (exact) mass is 381 g/mol. The van der Waals surface area contributed by atoms with Gasteiger partial charge in [0.05, 0.1) is 24.7 Å². The Kier molecular flexibility index (Phi) is 4.62. The smallest absolute Gasteiger partial charge is 0.254 e. The normalized spacial score (nSPS) is 26.9. The van der Waals surface area contributed by atoms with E-state index in [9.17, 15) is 13.2 Å². The van der Waals surface area contributed by atoms with Gasteiger partial charge < -0.3 is 19.7 Å². The van der Waals surface area contributed by atoms with Crippen LogP contribution in [-0.4, -0.2) is 73.8 Å². The largest absolute Gasteiger partial charge is 0.366 e. The molecule has 4 rings (SSSR count). The SMILES string of the molecule is O=C(c1ccnc(NC2CCS(=O)(=O)C2)c1)N1CCC2(CC1)OCCO2. The van der Waals surface area contributed by atoms with Gasteiger partial charge in [0.15, 0.2) is 15.6 Å². The number of hydrogen-bond donors (Lipinski definition) is 1. The molecule has 1 atom stereocenters. The van der Waals surface area contributed by atoms with Crippen molar-refractivity contribution in [2.75, 3.05) is 43.1 Å². The first kappa shape index (κ1) is 17.7. The van der Waals surface area contributed by atoms with Gasteiger partial charge in [-0.05, 0) is 18.6 Å². The first-order valence-electron chi connectivity index (χ1n) is 8.95. The zero-order valence-corrected chi connectivity index (χ0v) is 15.3. The standard InChI is InChI=1S/C17H23N3O5S/c21-16(20-6-3-17(4-7-20)24-8-9-25-17)13-1-5-18-15(11-13)19-14-2-10-26(22,23)12-14/h1,5,11,14H,2-4,6-10,12H2,(H,18,19). The quantitative estimate of drug-likeness (QED) is 0.821. The molecular weight excluding hydrogens is 358 g/mol. The Morgan fingerprint density at radius 1 is 1.27 bits per heavy atom. The van der Waals surface area contributed by atoms with Gasteiger partial charge in [-0.3, -0.25) is 4.79 Å². The van der Waals surface area contributed by atoms with Crippen LogP contribution in [0.2, 0.25) is 0 Å². The number of hydrogen-bond acceptors (Lipinski definition) is 7. The molecule has 0 aliphatic carbocycles. The van der Waals surface area contributed by atoms with E-state index in [1.807, 2.05) is 0 Å². The van der Waals surface area contributed by atoms with Crippen LogP contribution in [0.1, 0.15) is 29.6 Å². The minimum absolute atomic E-state index is 0.0534. The summed E-state index contributed by atoms with van der Waals surface area (Å²) >= 11 is 0. The van der Waals surface area contributed by atoms with E-state index in [0.29, 0.717) is 56.9 Å². The Bertz CT molecular complexity index is 781. The molecule has 0 radical (unpaired) electrons. The van der Waals surface area contributed by atoms with E-state index in [1.54, 1.807) is 23.2 Å². The molecular formula is C17H23N3O5S. The first-order valence-corrected chi connectivity index (χ1v) is 10.8. The van der Waals surface area contributed by atoms with Gasteiger partial charge in [-0.15, -0.1) is 0 Å². The van der Waals surface area contributed by atoms with Crippen LogP contribution in [0.3, 0.4) is 0 Å². The van der Waals surface area contributed by atoms with Crippen molar-refractivity contribution in [3.63, 3.8) is 0 Å². The molecule has 1 amide bonds. The zero-order valence-electron chi connectivity index (χ0n) is 14.5. The number of likely N-dealkylation sites (tertiary alicyclic amines) is 1. The number of carbonyl (C=O) groups excluding carboxylic acids is 1. The lowest BCUT2D eigenvalue weighted by molar-refractivity contribution is -0.181. The zero-order chi connectivity index (χ0) is 18.2. The molecule has 3 aliphatic rings. The van der Waals surface area contributed by atoms with E-state index in [-0.39, 0.29) is 23.5 Å². The van der Waals surface area contributed by atoms with Crippen LogP contribution in [0.5, 0.6) is 0 Å². The molecule has 1 aromatic heterocycles. The molecule has 1 unspecified atom stereocenters. The molecule has 3 saturated heterocycles. The lowest BCUT2D eigenvalue weighted by Crippen LogP contribution is -2.47. The number of anilines is 1. The Morgan fingerprint density at radius 2 is 2.00 bits per heavy atom. The Labute approximate surface area is 152 Å². The van der Waals surface area contributed by atoms with Gasteiger partial charge in [0.1, 0.15) is 5.82 Å². The number of aromatic nitrogens is 1. The van der Waals surface area contributed by atoms with Crippen LogP contribution < -0.4 is 5.32 Å². The number of amides is 1. The average molecular weight is 381 g/mol. The van der Waals surface area contributed by atoms with E-state index >= 15 is 0 Å². The maximum Gasteiger partial charge on any atom is 0.254 e. The Morgan fingerprint density at radius 3 is 2.65 bits per heavy atom. The third-order valence-electron chi connectivity index (χ3n) is 5.22. The van der Waals surface area contributed by atoms with E-state index in [0.717, 1.165) is 0 Å². The van der Waals surface area contributed by atoms with Crippen LogP contribution in [0.15, 0.2) is 18.3 Å². The Hall–Kier alpha value is -1.71. The number of rotatable bonds is 3. The highest BCUT2D eigenvalue weighted by molar-refractivity contribution is 7.91. The van der Waals surface area contributed by atoms with Gasteiger partial charge in [0.25, 0.3) is 5.91 Å². The molecule has 0 saturated carbocycles. The Balaban J connectivity index is 1.39. The number of pyridine rings is 1. The second-order valence-corrected chi connectivity index (χ2v) is 9.30. The fourth-order valence-electron chi connectivity index (χ4n) is 3.78. The maximum absolute atomic E-state index is 12.8. The fraction of sp³-hybridized carbons (Fsp3) is 0.647. The van der Waals surface area contributed by atoms with Crippen LogP contribution >= 0.6 is 0 Å². The highest BCUT2D eigenvalue weighted by Crippen LogP contribution is 2.31. The molecule has 3 aliphatic heterocycles. The number of sulfone groups is 1. The van der Waals surface area contributed by atoms with Crippen molar-refractivity contribution in [3.8, 4) is 0 Å². The summed E-state index contributed by atoms with van der Waals surface area (Å²) < 4.78 is 34.5.